The van der Waals surface area contributed by atoms with E-state index in [1.54, 1.807) is 36.4 Å². The number of ether oxygens (including phenoxy) is 2. The topological polar surface area (TPSA) is 89.0 Å². The van der Waals surface area contributed by atoms with Crippen LogP contribution in [-0.2, 0) is 16.2 Å². The van der Waals surface area contributed by atoms with Gasteiger partial charge in [0.05, 0.1) is 13.3 Å². The highest BCUT2D eigenvalue weighted by Crippen LogP contribution is 2.29. The fraction of sp³-hybridized carbons (Fsp3) is 0.286. The molecular weight excluding hydrogens is 429 g/mol. The zero-order valence-electron chi connectivity index (χ0n) is 16.9. The number of benzene rings is 2. The maximum Gasteiger partial charge on any atom is 0.329 e. The summed E-state index contributed by atoms with van der Waals surface area (Å²) in [4.78, 5) is 23.4. The molecule has 0 heterocycles. The van der Waals surface area contributed by atoms with Gasteiger partial charge in [0, 0.05) is 21.7 Å². The van der Waals surface area contributed by atoms with Crippen molar-refractivity contribution in [1.82, 2.24) is 10.7 Å². The van der Waals surface area contributed by atoms with Gasteiger partial charge in [0.25, 0.3) is 0 Å². The Hall–Kier alpha value is -2.77. The molecule has 2 amide bonds. The van der Waals surface area contributed by atoms with E-state index >= 15 is 0 Å². The molecule has 160 valence electrons. The predicted molar refractivity (Wildman–Crippen MR) is 117 cm³/mol. The minimum atomic E-state index is -0.835. The quantitative estimate of drug-likeness (QED) is 0.361. The van der Waals surface area contributed by atoms with Crippen molar-refractivity contribution < 1.29 is 19.1 Å². The lowest BCUT2D eigenvalue weighted by atomic mass is 10.2. The lowest BCUT2D eigenvalue weighted by Gasteiger charge is -2.12. The van der Waals surface area contributed by atoms with Crippen LogP contribution in [0.15, 0.2) is 41.5 Å². The molecular formula is C21H23Cl2N3O4. The highest BCUT2D eigenvalue weighted by molar-refractivity contribution is 6.35. The summed E-state index contributed by atoms with van der Waals surface area (Å²) in [5, 5.41) is 7.43. The first-order chi connectivity index (χ1) is 14.3. The third kappa shape index (κ3) is 6.93. The minimum Gasteiger partial charge on any atom is -0.493 e. The number of hydrazone groups is 1. The Balaban J connectivity index is 1.98. The first-order valence-corrected chi connectivity index (χ1v) is 9.98. The molecule has 0 fully saturated rings. The van der Waals surface area contributed by atoms with Crippen LogP contribution in [0.1, 0.15) is 31.4 Å². The van der Waals surface area contributed by atoms with E-state index in [2.05, 4.69) is 15.8 Å². The van der Waals surface area contributed by atoms with Crippen LogP contribution in [0.2, 0.25) is 10.0 Å². The maximum atomic E-state index is 11.7. The number of carbonyl (C=O) groups is 2. The third-order valence-electron chi connectivity index (χ3n) is 4.16. The van der Waals surface area contributed by atoms with Gasteiger partial charge in [-0.1, -0.05) is 36.2 Å². The number of nitrogens with zero attached hydrogens (tertiary/aromatic N) is 1. The Morgan fingerprint density at radius 3 is 2.57 bits per heavy atom. The van der Waals surface area contributed by atoms with E-state index in [1.807, 2.05) is 13.8 Å². The SMILES string of the molecule is CC[C@@H](C)NC(=O)C(=O)N/N=C\c1ccc(OCc2ccc(Cl)cc2Cl)c(OC)c1. The number of methoxy groups -OCH3 is 1. The second-order valence-electron chi connectivity index (χ2n) is 6.42. The number of nitrogens with one attached hydrogen (secondary N) is 2. The summed E-state index contributed by atoms with van der Waals surface area (Å²) < 4.78 is 11.1. The molecule has 0 aliphatic rings. The van der Waals surface area contributed by atoms with Gasteiger partial charge in [-0.25, -0.2) is 5.43 Å². The van der Waals surface area contributed by atoms with Crippen LogP contribution in [0.3, 0.4) is 0 Å². The van der Waals surface area contributed by atoms with Gasteiger partial charge in [-0.15, -0.1) is 0 Å². The molecule has 1 atom stereocenters. The Morgan fingerprint density at radius 1 is 1.13 bits per heavy atom. The summed E-state index contributed by atoms with van der Waals surface area (Å²) in [7, 11) is 1.51. The molecule has 2 N–H and O–H groups in total. The first-order valence-electron chi connectivity index (χ1n) is 9.22. The van der Waals surface area contributed by atoms with E-state index in [9.17, 15) is 9.59 Å². The van der Waals surface area contributed by atoms with Crippen molar-refractivity contribution in [2.75, 3.05) is 7.11 Å². The Kier molecular flexibility index (Phi) is 8.95. The molecule has 2 rings (SSSR count). The molecule has 0 saturated carbocycles. The summed E-state index contributed by atoms with van der Waals surface area (Å²) >= 11 is 12.1. The summed E-state index contributed by atoms with van der Waals surface area (Å²) in [6.45, 7) is 3.96. The number of hydrogen-bond acceptors (Lipinski definition) is 5. The highest BCUT2D eigenvalue weighted by Gasteiger charge is 2.14. The van der Waals surface area contributed by atoms with Crippen molar-refractivity contribution in [3.8, 4) is 11.5 Å². The predicted octanol–water partition coefficient (Wildman–Crippen LogP) is 3.95. The molecule has 9 heteroatoms. The zero-order chi connectivity index (χ0) is 22.1. The van der Waals surface area contributed by atoms with Crippen LogP contribution < -0.4 is 20.2 Å². The van der Waals surface area contributed by atoms with Gasteiger partial charge in [-0.2, -0.15) is 5.10 Å². The Labute approximate surface area is 185 Å². The molecule has 2 aromatic carbocycles. The van der Waals surface area contributed by atoms with Crippen molar-refractivity contribution in [2.24, 2.45) is 5.10 Å². The van der Waals surface area contributed by atoms with Gasteiger partial charge >= 0.3 is 11.8 Å². The Bertz CT molecular complexity index is 934. The highest BCUT2D eigenvalue weighted by atomic mass is 35.5. The monoisotopic (exact) mass is 451 g/mol. The van der Waals surface area contributed by atoms with Crippen molar-refractivity contribution in [3.63, 3.8) is 0 Å². The van der Waals surface area contributed by atoms with E-state index in [0.717, 1.165) is 12.0 Å². The smallest absolute Gasteiger partial charge is 0.329 e. The van der Waals surface area contributed by atoms with E-state index < -0.39 is 11.8 Å². The van der Waals surface area contributed by atoms with Crippen molar-refractivity contribution >= 4 is 41.2 Å². The third-order valence-corrected chi connectivity index (χ3v) is 4.75. The molecule has 2 aromatic rings. The Morgan fingerprint density at radius 2 is 1.90 bits per heavy atom. The van der Waals surface area contributed by atoms with E-state index in [-0.39, 0.29) is 12.6 Å². The molecule has 0 spiro atoms. The van der Waals surface area contributed by atoms with E-state index in [1.165, 1.54) is 13.3 Å². The summed E-state index contributed by atoms with van der Waals surface area (Å²) in [5.74, 6) is -0.579. The molecule has 0 radical (unpaired) electrons. The summed E-state index contributed by atoms with van der Waals surface area (Å²) in [5.41, 5.74) is 3.62. The van der Waals surface area contributed by atoms with E-state index in [4.69, 9.17) is 32.7 Å². The lowest BCUT2D eigenvalue weighted by Crippen LogP contribution is -2.41. The van der Waals surface area contributed by atoms with Crippen LogP contribution in [0.4, 0.5) is 0 Å². The van der Waals surface area contributed by atoms with Crippen LogP contribution in [0.5, 0.6) is 11.5 Å². The van der Waals surface area contributed by atoms with Gasteiger partial charge < -0.3 is 14.8 Å². The average molecular weight is 452 g/mol. The molecule has 0 aliphatic carbocycles. The molecule has 0 unspecified atom stereocenters. The fourth-order valence-electron chi connectivity index (χ4n) is 2.29. The summed E-state index contributed by atoms with van der Waals surface area (Å²) in [6.07, 6.45) is 2.12. The number of halogens is 2. The van der Waals surface area contributed by atoms with Crippen molar-refractivity contribution in [3.05, 3.63) is 57.6 Å². The summed E-state index contributed by atoms with van der Waals surface area (Å²) in [6, 6.07) is 10.2. The van der Waals surface area contributed by atoms with Gasteiger partial charge in [0.15, 0.2) is 11.5 Å². The minimum absolute atomic E-state index is 0.0909. The average Bonchev–Trinajstić information content (AvgIpc) is 2.73. The number of rotatable bonds is 8. The van der Waals surface area contributed by atoms with Crippen LogP contribution in [0, 0.1) is 0 Å². The van der Waals surface area contributed by atoms with Gasteiger partial charge in [0.2, 0.25) is 0 Å². The maximum absolute atomic E-state index is 11.7. The lowest BCUT2D eigenvalue weighted by molar-refractivity contribution is -0.139. The molecule has 0 aliphatic heterocycles. The molecule has 0 aromatic heterocycles. The zero-order valence-corrected chi connectivity index (χ0v) is 18.4. The second-order valence-corrected chi connectivity index (χ2v) is 7.26. The van der Waals surface area contributed by atoms with E-state index in [0.29, 0.717) is 27.1 Å². The second kappa shape index (κ2) is 11.4. The number of hydrogen-bond donors (Lipinski definition) is 2. The molecule has 0 saturated heterocycles. The largest absolute Gasteiger partial charge is 0.493 e. The molecule has 7 nitrogen and oxygen atoms in total. The van der Waals surface area contributed by atoms with Crippen molar-refractivity contribution in [1.29, 1.82) is 0 Å². The number of amides is 2. The van der Waals surface area contributed by atoms with Crippen LogP contribution >= 0.6 is 23.2 Å². The number of carbonyl (C=O) groups excluding carboxylic acids is 2. The molecule has 30 heavy (non-hydrogen) atoms. The fourth-order valence-corrected chi connectivity index (χ4v) is 2.75. The standard InChI is InChI=1S/C21H23Cl2N3O4/c1-4-13(2)25-20(27)21(28)26-24-11-14-5-8-18(19(9-14)29-3)30-12-15-6-7-16(22)10-17(15)23/h5-11,13H,4,12H2,1-3H3,(H,25,27)(H,26,28)/b24-11-/t13-/m1/s1. The van der Waals surface area contributed by atoms with Crippen LogP contribution in [0.25, 0.3) is 0 Å². The first kappa shape index (κ1) is 23.5. The van der Waals surface area contributed by atoms with Crippen LogP contribution in [-0.4, -0.2) is 31.2 Å². The van der Waals surface area contributed by atoms with Gasteiger partial charge in [0.1, 0.15) is 6.61 Å². The normalized spacial score (nSPS) is 11.8. The van der Waals surface area contributed by atoms with Gasteiger partial charge in [-0.3, -0.25) is 9.59 Å². The van der Waals surface area contributed by atoms with Gasteiger partial charge in [-0.05, 0) is 49.2 Å². The van der Waals surface area contributed by atoms with Crippen molar-refractivity contribution in [2.45, 2.75) is 32.9 Å². The molecule has 0 bridgehead atoms.